The van der Waals surface area contributed by atoms with Gasteiger partial charge >= 0.3 is 0 Å². The van der Waals surface area contributed by atoms with Crippen LogP contribution in [0.1, 0.15) is 33.1 Å². The van der Waals surface area contributed by atoms with E-state index in [0.29, 0.717) is 12.0 Å². The summed E-state index contributed by atoms with van der Waals surface area (Å²) in [6, 6.07) is 1.14. The van der Waals surface area contributed by atoms with Crippen LogP contribution in [0.2, 0.25) is 0 Å². The van der Waals surface area contributed by atoms with E-state index in [1.54, 1.807) is 0 Å². The van der Waals surface area contributed by atoms with E-state index in [2.05, 4.69) is 19.2 Å². The summed E-state index contributed by atoms with van der Waals surface area (Å²) in [6.07, 6.45) is 3.90. The molecule has 2 heteroatoms. The maximum absolute atomic E-state index is 5.94. The van der Waals surface area contributed by atoms with Crippen molar-refractivity contribution in [3.63, 3.8) is 0 Å². The summed E-state index contributed by atoms with van der Waals surface area (Å²) in [7, 11) is 0. The third-order valence-corrected chi connectivity index (χ3v) is 2.59. The minimum absolute atomic E-state index is 0.348. The van der Waals surface area contributed by atoms with Gasteiger partial charge in [0.15, 0.2) is 0 Å². The van der Waals surface area contributed by atoms with Crippen molar-refractivity contribution in [2.45, 2.75) is 45.2 Å². The van der Waals surface area contributed by atoms with Crippen LogP contribution in [0.3, 0.4) is 0 Å². The monoisotopic (exact) mass is 156 g/mol. The molecule has 0 amide bonds. The second kappa shape index (κ2) is 4.07. The zero-order valence-electron chi connectivity index (χ0n) is 7.64. The van der Waals surface area contributed by atoms with Gasteiger partial charge < -0.3 is 11.1 Å². The van der Waals surface area contributed by atoms with E-state index >= 15 is 0 Å². The van der Waals surface area contributed by atoms with Crippen LogP contribution < -0.4 is 11.1 Å². The van der Waals surface area contributed by atoms with E-state index in [1.165, 1.54) is 19.3 Å². The summed E-state index contributed by atoms with van der Waals surface area (Å²) in [5, 5.41) is 3.45. The average molecular weight is 156 g/mol. The molecule has 2 nitrogen and oxygen atoms in total. The molecule has 0 heterocycles. The number of nitrogens with two attached hydrogens (primary N) is 1. The lowest BCUT2D eigenvalue weighted by Gasteiger charge is -2.18. The Morgan fingerprint density at radius 1 is 1.55 bits per heavy atom. The molecule has 2 atom stereocenters. The van der Waals surface area contributed by atoms with Crippen molar-refractivity contribution in [1.82, 2.24) is 5.32 Å². The second-order valence-electron chi connectivity index (χ2n) is 3.73. The molecule has 0 aromatic heterocycles. The quantitative estimate of drug-likeness (QED) is 0.626. The maximum atomic E-state index is 5.94. The van der Waals surface area contributed by atoms with Crippen LogP contribution in [0, 0.1) is 5.92 Å². The Kier molecular flexibility index (Phi) is 3.34. The first-order chi connectivity index (χ1) is 5.24. The van der Waals surface area contributed by atoms with Crippen LogP contribution in [0.25, 0.3) is 0 Å². The summed E-state index contributed by atoms with van der Waals surface area (Å²) >= 11 is 0. The largest absolute Gasteiger partial charge is 0.326 e. The minimum Gasteiger partial charge on any atom is -0.326 e. The van der Waals surface area contributed by atoms with E-state index in [1.807, 2.05) is 0 Å². The molecule has 1 rings (SSSR count). The van der Waals surface area contributed by atoms with Gasteiger partial charge in [-0.05, 0) is 18.8 Å². The van der Waals surface area contributed by atoms with E-state index in [4.69, 9.17) is 5.73 Å². The van der Waals surface area contributed by atoms with Gasteiger partial charge in [-0.3, -0.25) is 0 Å². The first-order valence-electron chi connectivity index (χ1n) is 4.73. The first-order valence-corrected chi connectivity index (χ1v) is 4.73. The Bertz CT molecular complexity index is 110. The van der Waals surface area contributed by atoms with Crippen LogP contribution in [0.4, 0.5) is 0 Å². The fraction of sp³-hybridized carbons (Fsp3) is 1.00. The maximum Gasteiger partial charge on any atom is 0.0191 e. The van der Waals surface area contributed by atoms with Crippen LogP contribution in [0.5, 0.6) is 0 Å². The van der Waals surface area contributed by atoms with Gasteiger partial charge in [0.1, 0.15) is 0 Å². The molecular weight excluding hydrogens is 136 g/mol. The van der Waals surface area contributed by atoms with E-state index in [9.17, 15) is 0 Å². The van der Waals surface area contributed by atoms with Crippen molar-refractivity contribution in [3.8, 4) is 0 Å². The highest BCUT2D eigenvalue weighted by Crippen LogP contribution is 2.18. The average Bonchev–Trinajstić information content (AvgIpc) is 2.81. The highest BCUT2D eigenvalue weighted by Gasteiger charge is 2.21. The molecule has 66 valence electrons. The number of rotatable bonds is 5. The summed E-state index contributed by atoms with van der Waals surface area (Å²) in [5.74, 6) is 0.654. The second-order valence-corrected chi connectivity index (χ2v) is 3.73. The molecule has 1 saturated carbocycles. The lowest BCUT2D eigenvalue weighted by atomic mass is 10.0. The molecule has 1 aliphatic carbocycles. The van der Waals surface area contributed by atoms with Crippen molar-refractivity contribution in [1.29, 1.82) is 0 Å². The van der Waals surface area contributed by atoms with Gasteiger partial charge in [0.25, 0.3) is 0 Å². The smallest absolute Gasteiger partial charge is 0.0191 e. The third-order valence-electron chi connectivity index (χ3n) is 2.59. The predicted octanol–water partition coefficient (Wildman–Crippen LogP) is 1.11. The summed E-state index contributed by atoms with van der Waals surface area (Å²) in [6.45, 7) is 5.42. The van der Waals surface area contributed by atoms with Gasteiger partial charge in [-0.2, -0.15) is 0 Å². The van der Waals surface area contributed by atoms with Gasteiger partial charge in [0.05, 0.1) is 0 Å². The van der Waals surface area contributed by atoms with E-state index in [0.717, 1.165) is 12.6 Å². The zero-order valence-corrected chi connectivity index (χ0v) is 7.64. The Morgan fingerprint density at radius 3 is 2.64 bits per heavy atom. The molecule has 0 aliphatic heterocycles. The molecule has 0 aromatic rings. The SMILES string of the molecule is CCC(C)C(N)CNC1CC1. The Hall–Kier alpha value is -0.0800. The predicted molar refractivity (Wildman–Crippen MR) is 48.5 cm³/mol. The van der Waals surface area contributed by atoms with Crippen molar-refractivity contribution in [3.05, 3.63) is 0 Å². The van der Waals surface area contributed by atoms with Gasteiger partial charge in [0, 0.05) is 18.6 Å². The number of nitrogens with one attached hydrogen (secondary N) is 1. The van der Waals surface area contributed by atoms with Crippen LogP contribution >= 0.6 is 0 Å². The molecule has 1 aliphatic rings. The zero-order chi connectivity index (χ0) is 8.27. The summed E-state index contributed by atoms with van der Waals surface area (Å²) in [5.41, 5.74) is 5.94. The van der Waals surface area contributed by atoms with Crippen LogP contribution in [-0.4, -0.2) is 18.6 Å². The molecule has 0 aromatic carbocycles. The molecule has 1 fully saturated rings. The standard InChI is InChI=1S/C9H20N2/c1-3-7(2)9(10)6-11-8-4-5-8/h7-9,11H,3-6,10H2,1-2H3. The van der Waals surface area contributed by atoms with Crippen molar-refractivity contribution >= 4 is 0 Å². The normalized spacial score (nSPS) is 23.2. The van der Waals surface area contributed by atoms with E-state index in [-0.39, 0.29) is 0 Å². The topological polar surface area (TPSA) is 38.0 Å². The number of hydrogen-bond donors (Lipinski definition) is 2. The molecular formula is C9H20N2. The Morgan fingerprint density at radius 2 is 2.18 bits per heavy atom. The van der Waals surface area contributed by atoms with Gasteiger partial charge in [0.2, 0.25) is 0 Å². The fourth-order valence-electron chi connectivity index (χ4n) is 1.09. The van der Waals surface area contributed by atoms with Gasteiger partial charge in [-0.1, -0.05) is 20.3 Å². The van der Waals surface area contributed by atoms with Crippen LogP contribution in [-0.2, 0) is 0 Å². The highest BCUT2D eigenvalue weighted by molar-refractivity contribution is 4.83. The molecule has 0 bridgehead atoms. The van der Waals surface area contributed by atoms with Gasteiger partial charge in [-0.15, -0.1) is 0 Å². The lowest BCUT2D eigenvalue weighted by Crippen LogP contribution is -2.39. The fourth-order valence-corrected chi connectivity index (χ4v) is 1.09. The molecule has 3 N–H and O–H groups in total. The molecule has 0 spiro atoms. The molecule has 0 saturated heterocycles. The molecule has 0 radical (unpaired) electrons. The van der Waals surface area contributed by atoms with Gasteiger partial charge in [-0.25, -0.2) is 0 Å². The molecule has 2 unspecified atom stereocenters. The van der Waals surface area contributed by atoms with Crippen molar-refractivity contribution in [2.24, 2.45) is 11.7 Å². The third kappa shape index (κ3) is 3.21. The Labute approximate surface area is 69.5 Å². The Balaban J connectivity index is 2.03. The first kappa shape index (κ1) is 9.01. The summed E-state index contributed by atoms with van der Waals surface area (Å²) < 4.78 is 0. The van der Waals surface area contributed by atoms with Crippen molar-refractivity contribution in [2.75, 3.05) is 6.54 Å². The van der Waals surface area contributed by atoms with E-state index < -0.39 is 0 Å². The molecule has 11 heavy (non-hydrogen) atoms. The lowest BCUT2D eigenvalue weighted by molar-refractivity contribution is 0.418. The highest BCUT2D eigenvalue weighted by atomic mass is 15.0. The number of hydrogen-bond acceptors (Lipinski definition) is 2. The van der Waals surface area contributed by atoms with Crippen LogP contribution in [0.15, 0.2) is 0 Å². The minimum atomic E-state index is 0.348. The summed E-state index contributed by atoms with van der Waals surface area (Å²) in [4.78, 5) is 0. The van der Waals surface area contributed by atoms with Crippen molar-refractivity contribution < 1.29 is 0 Å².